The molecule has 0 bridgehead atoms. The number of hydrogen-bond donors (Lipinski definition) is 0. The zero-order valence-corrected chi connectivity index (χ0v) is 25.2. The molecule has 1 aliphatic heterocycles. The Bertz CT molecular complexity index is 792. The van der Waals surface area contributed by atoms with Crippen LogP contribution in [0.3, 0.4) is 0 Å². The standard InChI is InChI=1S/C32H51BrFNO2/c1-3-5-7-9-11-13-15-17-20-26(21-18-16-14-12-10-8-6-4-2)22-19-25-35-30-27(31(36)32(35)37)23-24-28(33)29(30)34/h23-24,26H,3-22,25H2,1-2H3. The van der Waals surface area contributed by atoms with Crippen LogP contribution in [0.5, 0.6) is 0 Å². The fraction of sp³-hybridized carbons (Fsp3) is 0.750. The molecule has 1 aromatic rings. The van der Waals surface area contributed by atoms with E-state index in [1.807, 2.05) is 0 Å². The number of hydrogen-bond acceptors (Lipinski definition) is 2. The molecule has 0 saturated heterocycles. The van der Waals surface area contributed by atoms with E-state index in [0.29, 0.717) is 16.9 Å². The molecule has 0 saturated carbocycles. The first-order valence-electron chi connectivity index (χ1n) is 15.3. The van der Waals surface area contributed by atoms with Gasteiger partial charge in [0.25, 0.3) is 11.7 Å². The summed E-state index contributed by atoms with van der Waals surface area (Å²) < 4.78 is 15.1. The van der Waals surface area contributed by atoms with Gasteiger partial charge in [-0.2, -0.15) is 0 Å². The molecule has 1 heterocycles. The zero-order valence-electron chi connectivity index (χ0n) is 23.6. The highest BCUT2D eigenvalue weighted by Gasteiger charge is 2.38. The van der Waals surface area contributed by atoms with Gasteiger partial charge in [-0.1, -0.05) is 129 Å². The highest BCUT2D eigenvalue weighted by molar-refractivity contribution is 9.10. The van der Waals surface area contributed by atoms with Gasteiger partial charge in [0, 0.05) is 6.54 Å². The van der Waals surface area contributed by atoms with Gasteiger partial charge in [-0.05, 0) is 46.8 Å². The molecular formula is C32H51BrFNO2. The van der Waals surface area contributed by atoms with Gasteiger partial charge in [0.15, 0.2) is 5.82 Å². The van der Waals surface area contributed by atoms with Crippen LogP contribution in [0, 0.1) is 11.7 Å². The van der Waals surface area contributed by atoms with E-state index < -0.39 is 17.5 Å². The normalized spacial score (nSPS) is 13.3. The summed E-state index contributed by atoms with van der Waals surface area (Å²) in [5.41, 5.74) is 0.354. The zero-order chi connectivity index (χ0) is 26.9. The minimum atomic E-state index is -0.588. The molecule has 210 valence electrons. The van der Waals surface area contributed by atoms with E-state index in [0.717, 1.165) is 12.8 Å². The molecule has 0 atom stereocenters. The average Bonchev–Trinajstić information content (AvgIpc) is 3.14. The summed E-state index contributed by atoms with van der Waals surface area (Å²) in [4.78, 5) is 26.3. The number of halogens is 2. The van der Waals surface area contributed by atoms with Crippen molar-refractivity contribution < 1.29 is 14.0 Å². The van der Waals surface area contributed by atoms with E-state index >= 15 is 0 Å². The van der Waals surface area contributed by atoms with Crippen LogP contribution in [0.1, 0.15) is 153 Å². The summed E-state index contributed by atoms with van der Waals surface area (Å²) in [5.74, 6) is -1.03. The molecular weight excluding hydrogens is 529 g/mol. The predicted octanol–water partition coefficient (Wildman–Crippen LogP) is 10.6. The number of rotatable bonds is 22. The smallest absolute Gasteiger partial charge is 0.299 e. The van der Waals surface area contributed by atoms with Crippen LogP contribution in [0.15, 0.2) is 16.6 Å². The van der Waals surface area contributed by atoms with E-state index in [9.17, 15) is 14.0 Å². The van der Waals surface area contributed by atoms with Gasteiger partial charge in [-0.3, -0.25) is 9.59 Å². The lowest BCUT2D eigenvalue weighted by Crippen LogP contribution is -2.31. The topological polar surface area (TPSA) is 37.4 Å². The van der Waals surface area contributed by atoms with Crippen molar-refractivity contribution in [2.45, 2.75) is 142 Å². The van der Waals surface area contributed by atoms with Gasteiger partial charge >= 0.3 is 0 Å². The number of amides is 1. The van der Waals surface area contributed by atoms with Gasteiger partial charge in [-0.15, -0.1) is 0 Å². The molecule has 0 radical (unpaired) electrons. The third-order valence-electron chi connectivity index (χ3n) is 7.95. The summed E-state index contributed by atoms with van der Waals surface area (Å²) in [6.07, 6.45) is 25.7. The Morgan fingerprint density at radius 3 is 1.68 bits per heavy atom. The van der Waals surface area contributed by atoms with Crippen molar-refractivity contribution in [1.82, 2.24) is 0 Å². The molecule has 2 rings (SSSR count). The predicted molar refractivity (Wildman–Crippen MR) is 158 cm³/mol. The van der Waals surface area contributed by atoms with E-state index in [-0.39, 0.29) is 11.3 Å². The van der Waals surface area contributed by atoms with Crippen molar-refractivity contribution in [1.29, 1.82) is 0 Å². The highest BCUT2D eigenvalue weighted by Crippen LogP contribution is 2.36. The fourth-order valence-electron chi connectivity index (χ4n) is 5.64. The molecule has 0 aromatic heterocycles. The molecule has 1 aromatic carbocycles. The lowest BCUT2D eigenvalue weighted by atomic mass is 9.90. The van der Waals surface area contributed by atoms with Gasteiger partial charge < -0.3 is 4.90 Å². The minimum absolute atomic E-state index is 0.159. The van der Waals surface area contributed by atoms with Crippen LogP contribution in [0.4, 0.5) is 10.1 Å². The molecule has 1 aliphatic rings. The van der Waals surface area contributed by atoms with E-state index in [1.165, 1.54) is 127 Å². The minimum Gasteiger partial charge on any atom is -0.302 e. The summed E-state index contributed by atoms with van der Waals surface area (Å²) in [7, 11) is 0. The van der Waals surface area contributed by atoms with Gasteiger partial charge in [0.2, 0.25) is 0 Å². The number of carbonyl (C=O) groups is 2. The Morgan fingerprint density at radius 1 is 0.703 bits per heavy atom. The molecule has 1 amide bonds. The van der Waals surface area contributed by atoms with E-state index in [1.54, 1.807) is 6.07 Å². The molecule has 5 heteroatoms. The maximum absolute atomic E-state index is 14.8. The average molecular weight is 581 g/mol. The van der Waals surface area contributed by atoms with Crippen LogP contribution < -0.4 is 4.90 Å². The van der Waals surface area contributed by atoms with Crippen LogP contribution in [0.2, 0.25) is 0 Å². The number of unbranched alkanes of at least 4 members (excludes halogenated alkanes) is 14. The maximum atomic E-state index is 14.8. The SMILES string of the molecule is CCCCCCCCCCC(CCCCCCCCCC)CCCN1C(=O)C(=O)c2ccc(Br)c(F)c21. The van der Waals surface area contributed by atoms with Crippen LogP contribution in [-0.4, -0.2) is 18.2 Å². The Morgan fingerprint density at radius 2 is 1.16 bits per heavy atom. The Kier molecular flexibility index (Phi) is 16.4. The maximum Gasteiger partial charge on any atom is 0.299 e. The monoisotopic (exact) mass is 579 g/mol. The van der Waals surface area contributed by atoms with Crippen molar-refractivity contribution in [2.24, 2.45) is 5.92 Å². The molecule has 0 aliphatic carbocycles. The van der Waals surface area contributed by atoms with Crippen LogP contribution in [0.25, 0.3) is 0 Å². The van der Waals surface area contributed by atoms with Crippen LogP contribution >= 0.6 is 15.9 Å². The summed E-state index contributed by atoms with van der Waals surface area (Å²) in [5, 5.41) is 0. The largest absolute Gasteiger partial charge is 0.302 e. The van der Waals surface area contributed by atoms with Gasteiger partial charge in [0.1, 0.15) is 0 Å². The lowest BCUT2D eigenvalue weighted by molar-refractivity contribution is -0.114. The van der Waals surface area contributed by atoms with Crippen LogP contribution in [-0.2, 0) is 4.79 Å². The van der Waals surface area contributed by atoms with Gasteiger partial charge in [0.05, 0.1) is 15.7 Å². The molecule has 3 nitrogen and oxygen atoms in total. The number of nitrogens with zero attached hydrogens (tertiary/aromatic N) is 1. The van der Waals surface area contributed by atoms with Crippen molar-refractivity contribution in [3.05, 3.63) is 28.0 Å². The Balaban J connectivity index is 1.79. The molecule has 0 N–H and O–H groups in total. The first kappa shape index (κ1) is 32.0. The van der Waals surface area contributed by atoms with Crippen molar-refractivity contribution in [3.63, 3.8) is 0 Å². The second-order valence-electron chi connectivity index (χ2n) is 11.1. The molecule has 37 heavy (non-hydrogen) atoms. The Hall–Kier alpha value is -1.23. The fourth-order valence-corrected chi connectivity index (χ4v) is 5.96. The van der Waals surface area contributed by atoms with Crippen molar-refractivity contribution in [2.75, 3.05) is 11.4 Å². The second-order valence-corrected chi connectivity index (χ2v) is 11.9. The Labute approximate surface area is 234 Å². The molecule has 0 unspecified atom stereocenters. The highest BCUT2D eigenvalue weighted by atomic mass is 79.9. The first-order valence-corrected chi connectivity index (χ1v) is 16.1. The number of benzene rings is 1. The number of ketones is 1. The summed E-state index contributed by atoms with van der Waals surface area (Å²) >= 11 is 3.20. The lowest BCUT2D eigenvalue weighted by Gasteiger charge is -2.21. The summed E-state index contributed by atoms with van der Waals surface area (Å²) in [6, 6.07) is 3.06. The number of carbonyl (C=O) groups excluding carboxylic acids is 2. The molecule has 0 spiro atoms. The number of fused-ring (bicyclic) bond motifs is 1. The van der Waals surface area contributed by atoms with Gasteiger partial charge in [-0.25, -0.2) is 4.39 Å². The van der Waals surface area contributed by atoms with E-state index in [4.69, 9.17) is 0 Å². The summed E-state index contributed by atoms with van der Waals surface area (Å²) in [6.45, 7) is 4.94. The third kappa shape index (κ3) is 11.2. The van der Waals surface area contributed by atoms with E-state index in [2.05, 4.69) is 29.8 Å². The second kappa shape index (κ2) is 18.9. The number of Topliss-reactive ketones (excluding diaryl/α,β-unsaturated/α-hetero) is 1. The third-order valence-corrected chi connectivity index (χ3v) is 8.56. The molecule has 0 fully saturated rings. The number of anilines is 1. The quantitative estimate of drug-likeness (QED) is 0.101. The van der Waals surface area contributed by atoms with Crippen molar-refractivity contribution in [3.8, 4) is 0 Å². The first-order chi connectivity index (χ1) is 18.0. The van der Waals surface area contributed by atoms with Crippen molar-refractivity contribution >= 4 is 33.3 Å².